The Labute approximate surface area is 121 Å². The zero-order valence-electron chi connectivity index (χ0n) is 14.0. The highest BCUT2D eigenvalue weighted by Crippen LogP contribution is 2.08. The largest absolute Gasteiger partial charge is 0.309 e. The molecule has 0 atom stereocenters. The topological polar surface area (TPSA) is 3.24 Å². The molecule has 0 aromatic carbocycles. The van der Waals surface area contributed by atoms with E-state index in [9.17, 15) is 0 Å². The molecule has 0 amide bonds. The highest BCUT2D eigenvalue weighted by molar-refractivity contribution is 5.35. The van der Waals surface area contributed by atoms with Crippen molar-refractivity contribution in [2.24, 2.45) is 0 Å². The zero-order valence-corrected chi connectivity index (χ0v) is 14.0. The zero-order chi connectivity index (χ0) is 15.1. The summed E-state index contributed by atoms with van der Waals surface area (Å²) in [7, 11) is 4.22. The first-order valence-electron chi connectivity index (χ1n) is 7.41. The summed E-state index contributed by atoms with van der Waals surface area (Å²) in [5.41, 5.74) is 2.70. The second-order valence-corrected chi connectivity index (χ2v) is 4.55. The molecule has 0 aliphatic heterocycles. The van der Waals surface area contributed by atoms with Crippen molar-refractivity contribution in [3.63, 3.8) is 0 Å². The summed E-state index contributed by atoms with van der Waals surface area (Å²) in [6, 6.07) is 0. The molecule has 0 radical (unpaired) electrons. The Morgan fingerprint density at radius 2 is 1.79 bits per heavy atom. The van der Waals surface area contributed by atoms with Gasteiger partial charge >= 0.3 is 0 Å². The van der Waals surface area contributed by atoms with Crippen molar-refractivity contribution < 1.29 is 0 Å². The molecule has 0 fully saturated rings. The SMILES string of the molecule is CC.C\C=C/C(/C=C(/C)CCN(C)C)=C\C=C/CC. The van der Waals surface area contributed by atoms with E-state index in [-0.39, 0.29) is 0 Å². The lowest BCUT2D eigenvalue weighted by Gasteiger charge is -2.09. The van der Waals surface area contributed by atoms with Crippen LogP contribution in [0, 0.1) is 0 Å². The van der Waals surface area contributed by atoms with Crippen LogP contribution in [-0.4, -0.2) is 25.5 Å². The Morgan fingerprint density at radius 3 is 2.26 bits per heavy atom. The van der Waals surface area contributed by atoms with E-state index in [1.807, 2.05) is 13.8 Å². The van der Waals surface area contributed by atoms with Crippen LogP contribution < -0.4 is 0 Å². The molecule has 0 spiro atoms. The number of hydrogen-bond donors (Lipinski definition) is 0. The van der Waals surface area contributed by atoms with Gasteiger partial charge in [-0.1, -0.05) is 62.8 Å². The molecular weight excluding hydrogens is 230 g/mol. The van der Waals surface area contributed by atoms with Gasteiger partial charge in [-0.25, -0.2) is 0 Å². The minimum Gasteiger partial charge on any atom is -0.309 e. The second kappa shape index (κ2) is 15.0. The van der Waals surface area contributed by atoms with Gasteiger partial charge in [0, 0.05) is 6.54 Å². The minimum absolute atomic E-state index is 1.09. The lowest BCUT2D eigenvalue weighted by atomic mass is 10.1. The van der Waals surface area contributed by atoms with Gasteiger partial charge in [0.25, 0.3) is 0 Å². The van der Waals surface area contributed by atoms with Crippen molar-refractivity contribution >= 4 is 0 Å². The van der Waals surface area contributed by atoms with E-state index in [4.69, 9.17) is 0 Å². The fourth-order valence-corrected chi connectivity index (χ4v) is 1.42. The number of nitrogens with zero attached hydrogens (tertiary/aromatic N) is 1. The average Bonchev–Trinajstić information content (AvgIpc) is 2.39. The third-order valence-corrected chi connectivity index (χ3v) is 2.39. The van der Waals surface area contributed by atoms with Crippen molar-refractivity contribution in [3.8, 4) is 0 Å². The summed E-state index contributed by atoms with van der Waals surface area (Å²) in [4.78, 5) is 2.22. The molecular formula is C18H33N. The van der Waals surface area contributed by atoms with Crippen molar-refractivity contribution in [1.82, 2.24) is 4.90 Å². The molecule has 0 N–H and O–H groups in total. The molecule has 0 unspecified atom stereocenters. The highest BCUT2D eigenvalue weighted by Gasteiger charge is 1.93. The normalized spacial score (nSPS) is 13.3. The van der Waals surface area contributed by atoms with E-state index < -0.39 is 0 Å². The van der Waals surface area contributed by atoms with Crippen LogP contribution in [0.1, 0.15) is 47.5 Å². The molecule has 19 heavy (non-hydrogen) atoms. The Bertz CT molecular complexity index is 304. The third kappa shape index (κ3) is 14.9. The van der Waals surface area contributed by atoms with Crippen LogP contribution in [0.2, 0.25) is 0 Å². The lowest BCUT2D eigenvalue weighted by Crippen LogP contribution is -2.12. The predicted molar refractivity (Wildman–Crippen MR) is 90.6 cm³/mol. The Hall–Kier alpha value is -1.08. The lowest BCUT2D eigenvalue weighted by molar-refractivity contribution is 0.413. The number of rotatable bonds is 7. The van der Waals surface area contributed by atoms with E-state index in [0.717, 1.165) is 19.4 Å². The van der Waals surface area contributed by atoms with Crippen LogP contribution in [0.4, 0.5) is 0 Å². The van der Waals surface area contributed by atoms with Gasteiger partial charge < -0.3 is 4.90 Å². The van der Waals surface area contributed by atoms with Gasteiger partial charge in [0.05, 0.1) is 0 Å². The molecule has 0 saturated heterocycles. The summed E-state index contributed by atoms with van der Waals surface area (Å²) < 4.78 is 0. The number of allylic oxidation sites excluding steroid dienone is 7. The van der Waals surface area contributed by atoms with Gasteiger partial charge in [-0.2, -0.15) is 0 Å². The summed E-state index contributed by atoms with van der Waals surface area (Å²) in [6.45, 7) is 11.5. The van der Waals surface area contributed by atoms with Crippen LogP contribution in [0.5, 0.6) is 0 Å². The van der Waals surface area contributed by atoms with Gasteiger partial charge in [-0.05, 0) is 46.4 Å². The monoisotopic (exact) mass is 263 g/mol. The molecule has 1 nitrogen and oxygen atoms in total. The van der Waals surface area contributed by atoms with E-state index in [0.29, 0.717) is 0 Å². The van der Waals surface area contributed by atoms with E-state index >= 15 is 0 Å². The van der Waals surface area contributed by atoms with Crippen LogP contribution in [0.3, 0.4) is 0 Å². The standard InChI is InChI=1S/C16H27N.C2H6/c1-6-8-9-11-16(10-7-2)14-15(3)12-13-17(4)5;1-2/h7-11,14H,6,12-13H2,1-5H3;1-2H3/b9-8-,10-7-,15-14-,16-11+;. The fourth-order valence-electron chi connectivity index (χ4n) is 1.42. The van der Waals surface area contributed by atoms with Crippen molar-refractivity contribution in [3.05, 3.63) is 47.6 Å². The first-order chi connectivity index (χ1) is 9.10. The van der Waals surface area contributed by atoms with Crippen molar-refractivity contribution in [1.29, 1.82) is 0 Å². The van der Waals surface area contributed by atoms with Gasteiger partial charge in [0.15, 0.2) is 0 Å². The molecule has 0 saturated carbocycles. The first-order valence-corrected chi connectivity index (χ1v) is 7.41. The molecule has 0 aliphatic carbocycles. The Kier molecular flexibility index (Phi) is 16.0. The Morgan fingerprint density at radius 1 is 1.16 bits per heavy atom. The van der Waals surface area contributed by atoms with Gasteiger partial charge in [0.1, 0.15) is 0 Å². The molecule has 0 rings (SSSR count). The molecule has 0 aromatic rings. The number of hydrogen-bond acceptors (Lipinski definition) is 1. The first kappa shape index (κ1) is 20.2. The van der Waals surface area contributed by atoms with Crippen LogP contribution in [0.25, 0.3) is 0 Å². The van der Waals surface area contributed by atoms with Crippen LogP contribution in [0.15, 0.2) is 47.6 Å². The van der Waals surface area contributed by atoms with E-state index in [1.54, 1.807) is 0 Å². The summed E-state index contributed by atoms with van der Waals surface area (Å²) in [5, 5.41) is 0. The van der Waals surface area contributed by atoms with Crippen LogP contribution in [-0.2, 0) is 0 Å². The smallest absolute Gasteiger partial charge is 0.00125 e. The second-order valence-electron chi connectivity index (χ2n) is 4.55. The predicted octanol–water partition coefficient (Wildman–Crippen LogP) is 5.38. The third-order valence-electron chi connectivity index (χ3n) is 2.39. The maximum absolute atomic E-state index is 2.27. The van der Waals surface area contributed by atoms with Gasteiger partial charge in [-0.3, -0.25) is 0 Å². The maximum atomic E-state index is 2.27. The average molecular weight is 263 g/mol. The summed E-state index contributed by atoms with van der Waals surface area (Å²) in [6.07, 6.45) is 15.2. The van der Waals surface area contributed by atoms with Crippen LogP contribution >= 0.6 is 0 Å². The minimum atomic E-state index is 1.09. The molecule has 110 valence electrons. The molecule has 0 aromatic heterocycles. The molecule has 1 heteroatoms. The fraction of sp³-hybridized carbons (Fsp3) is 0.556. The van der Waals surface area contributed by atoms with Gasteiger partial charge in [-0.15, -0.1) is 0 Å². The van der Waals surface area contributed by atoms with Crippen molar-refractivity contribution in [2.45, 2.75) is 47.5 Å². The maximum Gasteiger partial charge on any atom is 0.00125 e. The van der Waals surface area contributed by atoms with E-state index in [1.165, 1.54) is 11.1 Å². The van der Waals surface area contributed by atoms with E-state index in [2.05, 4.69) is 76.2 Å². The molecule has 0 bridgehead atoms. The Balaban J connectivity index is 0. The quantitative estimate of drug-likeness (QED) is 0.557. The highest BCUT2D eigenvalue weighted by atomic mass is 15.0. The summed E-state index contributed by atoms with van der Waals surface area (Å²) in [5.74, 6) is 0. The summed E-state index contributed by atoms with van der Waals surface area (Å²) >= 11 is 0. The van der Waals surface area contributed by atoms with Crippen molar-refractivity contribution in [2.75, 3.05) is 20.6 Å². The van der Waals surface area contributed by atoms with Gasteiger partial charge in [0.2, 0.25) is 0 Å². The molecule has 0 aliphatic rings. The molecule has 0 heterocycles.